The second kappa shape index (κ2) is 14.4. The van der Waals surface area contributed by atoms with Crippen LogP contribution in [0, 0.1) is 0 Å². The summed E-state index contributed by atoms with van der Waals surface area (Å²) in [7, 11) is 0. The van der Waals surface area contributed by atoms with Crippen molar-refractivity contribution in [3.8, 4) is 11.5 Å². The molecule has 0 radical (unpaired) electrons. The SMILES string of the molecule is FC(F)Oc1ccc(CN(C(=Nc2ccccc2)N(Cc2ccc(OC(F)F)cc2)C2CCCC2)C2CCCC2)cc1. The summed E-state index contributed by atoms with van der Waals surface area (Å²) < 4.78 is 60.1. The second-order valence-electron chi connectivity index (χ2n) is 10.9. The van der Waals surface area contributed by atoms with Crippen molar-refractivity contribution in [1.82, 2.24) is 9.80 Å². The zero-order valence-electron chi connectivity index (χ0n) is 23.6. The van der Waals surface area contributed by atoms with Crippen molar-refractivity contribution in [2.45, 2.75) is 89.8 Å². The molecule has 224 valence electrons. The van der Waals surface area contributed by atoms with E-state index in [0.29, 0.717) is 13.1 Å². The van der Waals surface area contributed by atoms with E-state index in [2.05, 4.69) is 19.3 Å². The molecule has 5 nitrogen and oxygen atoms in total. The lowest BCUT2D eigenvalue weighted by atomic mass is 10.1. The van der Waals surface area contributed by atoms with Crippen molar-refractivity contribution in [3.05, 3.63) is 90.0 Å². The van der Waals surface area contributed by atoms with E-state index in [-0.39, 0.29) is 23.6 Å². The maximum atomic E-state index is 12.7. The van der Waals surface area contributed by atoms with Crippen molar-refractivity contribution < 1.29 is 27.0 Å². The zero-order chi connectivity index (χ0) is 29.3. The molecule has 0 spiro atoms. The van der Waals surface area contributed by atoms with Crippen LogP contribution in [-0.4, -0.2) is 41.1 Å². The van der Waals surface area contributed by atoms with Gasteiger partial charge in [-0.25, -0.2) is 4.99 Å². The minimum Gasteiger partial charge on any atom is -0.435 e. The molecule has 0 saturated heterocycles. The maximum Gasteiger partial charge on any atom is 0.387 e. The molecule has 2 aliphatic rings. The average Bonchev–Trinajstić information content (AvgIpc) is 3.71. The molecular formula is C33H37F4N3O2. The number of aliphatic imine (C=N–C) groups is 1. The molecule has 2 fully saturated rings. The van der Waals surface area contributed by atoms with E-state index >= 15 is 0 Å². The lowest BCUT2D eigenvalue weighted by Crippen LogP contribution is -2.51. The van der Waals surface area contributed by atoms with E-state index in [0.717, 1.165) is 74.1 Å². The predicted octanol–water partition coefficient (Wildman–Crippen LogP) is 8.77. The molecular weight excluding hydrogens is 546 g/mol. The quantitative estimate of drug-likeness (QED) is 0.128. The number of halogens is 4. The Labute approximate surface area is 244 Å². The molecule has 0 bridgehead atoms. The first-order chi connectivity index (χ1) is 20.4. The Morgan fingerprint density at radius 3 is 1.40 bits per heavy atom. The van der Waals surface area contributed by atoms with Gasteiger partial charge in [-0.2, -0.15) is 17.6 Å². The summed E-state index contributed by atoms with van der Waals surface area (Å²) >= 11 is 0. The van der Waals surface area contributed by atoms with Crippen LogP contribution in [-0.2, 0) is 13.1 Å². The van der Waals surface area contributed by atoms with Crippen molar-refractivity contribution in [1.29, 1.82) is 0 Å². The third kappa shape index (κ3) is 8.17. The molecule has 42 heavy (non-hydrogen) atoms. The van der Waals surface area contributed by atoms with Crippen molar-refractivity contribution >= 4 is 11.6 Å². The van der Waals surface area contributed by atoms with Gasteiger partial charge in [0.25, 0.3) is 0 Å². The van der Waals surface area contributed by atoms with E-state index in [1.54, 1.807) is 24.3 Å². The highest BCUT2D eigenvalue weighted by atomic mass is 19.3. The van der Waals surface area contributed by atoms with Gasteiger partial charge < -0.3 is 19.3 Å². The maximum absolute atomic E-state index is 12.7. The van der Waals surface area contributed by atoms with Gasteiger partial charge in [-0.3, -0.25) is 0 Å². The van der Waals surface area contributed by atoms with E-state index in [1.165, 1.54) is 0 Å². The summed E-state index contributed by atoms with van der Waals surface area (Å²) in [6, 6.07) is 24.1. The molecule has 2 saturated carbocycles. The number of rotatable bonds is 11. The van der Waals surface area contributed by atoms with Gasteiger partial charge >= 0.3 is 13.2 Å². The summed E-state index contributed by atoms with van der Waals surface area (Å²) in [6.45, 7) is -4.61. The fourth-order valence-electron chi connectivity index (χ4n) is 6.02. The number of para-hydroxylation sites is 1. The summed E-state index contributed by atoms with van der Waals surface area (Å²) in [6.07, 6.45) is 8.70. The summed E-state index contributed by atoms with van der Waals surface area (Å²) in [5.41, 5.74) is 2.80. The molecule has 0 heterocycles. The number of hydrogen-bond donors (Lipinski definition) is 0. The van der Waals surface area contributed by atoms with Gasteiger partial charge in [0, 0.05) is 25.2 Å². The molecule has 3 aromatic carbocycles. The van der Waals surface area contributed by atoms with Gasteiger partial charge in [0.1, 0.15) is 11.5 Å². The van der Waals surface area contributed by atoms with Crippen molar-refractivity contribution in [2.75, 3.05) is 0 Å². The third-order valence-corrected chi connectivity index (χ3v) is 8.03. The van der Waals surface area contributed by atoms with Gasteiger partial charge in [-0.15, -0.1) is 0 Å². The van der Waals surface area contributed by atoms with Crippen LogP contribution >= 0.6 is 0 Å². The molecule has 0 aliphatic heterocycles. The smallest absolute Gasteiger partial charge is 0.387 e. The first kappa shape index (κ1) is 29.7. The van der Waals surface area contributed by atoms with Gasteiger partial charge in [-0.05, 0) is 73.2 Å². The van der Waals surface area contributed by atoms with Crippen LogP contribution in [0.5, 0.6) is 11.5 Å². The van der Waals surface area contributed by atoms with Gasteiger partial charge in [-0.1, -0.05) is 68.1 Å². The fraction of sp³-hybridized carbons (Fsp3) is 0.424. The van der Waals surface area contributed by atoms with Crippen molar-refractivity contribution in [2.24, 2.45) is 4.99 Å². The number of nitrogens with zero attached hydrogens (tertiary/aromatic N) is 3. The Morgan fingerprint density at radius 2 is 1.02 bits per heavy atom. The van der Waals surface area contributed by atoms with Crippen LogP contribution in [0.3, 0.4) is 0 Å². The van der Waals surface area contributed by atoms with Crippen LogP contribution in [0.1, 0.15) is 62.5 Å². The Balaban J connectivity index is 1.52. The Kier molecular flexibility index (Phi) is 10.2. The van der Waals surface area contributed by atoms with Crippen LogP contribution < -0.4 is 9.47 Å². The minimum atomic E-state index is -2.87. The minimum absolute atomic E-state index is 0.131. The van der Waals surface area contributed by atoms with Crippen LogP contribution in [0.15, 0.2) is 83.9 Å². The number of hydrogen-bond acceptors (Lipinski definition) is 3. The van der Waals surface area contributed by atoms with E-state index in [9.17, 15) is 17.6 Å². The molecule has 0 N–H and O–H groups in total. The zero-order valence-corrected chi connectivity index (χ0v) is 23.6. The number of guanidine groups is 1. The summed E-state index contributed by atoms with van der Waals surface area (Å²) in [5.74, 6) is 1.14. The van der Waals surface area contributed by atoms with Crippen LogP contribution in [0.25, 0.3) is 0 Å². The first-order valence-electron chi connectivity index (χ1n) is 14.7. The molecule has 3 aromatic rings. The van der Waals surface area contributed by atoms with E-state index in [1.807, 2.05) is 54.6 Å². The molecule has 2 aliphatic carbocycles. The second-order valence-corrected chi connectivity index (χ2v) is 10.9. The topological polar surface area (TPSA) is 37.3 Å². The molecule has 5 rings (SSSR count). The van der Waals surface area contributed by atoms with Gasteiger partial charge in [0.2, 0.25) is 5.96 Å². The Bertz CT molecular complexity index is 1180. The largest absolute Gasteiger partial charge is 0.435 e. The van der Waals surface area contributed by atoms with Crippen LogP contribution in [0.2, 0.25) is 0 Å². The molecule has 9 heteroatoms. The van der Waals surface area contributed by atoms with Crippen LogP contribution in [0.4, 0.5) is 23.2 Å². The highest BCUT2D eigenvalue weighted by Gasteiger charge is 2.33. The summed E-state index contributed by atoms with van der Waals surface area (Å²) in [4.78, 5) is 10.0. The monoisotopic (exact) mass is 583 g/mol. The number of ether oxygens (including phenoxy) is 2. The van der Waals surface area contributed by atoms with Crippen molar-refractivity contribution in [3.63, 3.8) is 0 Å². The third-order valence-electron chi connectivity index (χ3n) is 8.03. The van der Waals surface area contributed by atoms with E-state index in [4.69, 9.17) is 4.99 Å². The predicted molar refractivity (Wildman–Crippen MR) is 155 cm³/mol. The lowest BCUT2D eigenvalue weighted by Gasteiger charge is -2.41. The highest BCUT2D eigenvalue weighted by molar-refractivity contribution is 5.83. The normalized spacial score (nSPS) is 15.8. The first-order valence-corrected chi connectivity index (χ1v) is 14.7. The van der Waals surface area contributed by atoms with Gasteiger partial charge in [0.15, 0.2) is 0 Å². The number of benzene rings is 3. The van der Waals surface area contributed by atoms with Gasteiger partial charge in [0.05, 0.1) is 5.69 Å². The Morgan fingerprint density at radius 1 is 0.619 bits per heavy atom. The highest BCUT2D eigenvalue weighted by Crippen LogP contribution is 2.32. The molecule has 0 atom stereocenters. The molecule has 0 unspecified atom stereocenters. The molecule has 0 amide bonds. The Hall–Kier alpha value is -3.75. The standard InChI is InChI=1S/C33H37F4N3O2/c34-31(35)41-29-18-14-24(15-19-29)22-39(27-10-4-5-11-27)33(38-26-8-2-1-3-9-26)40(28-12-6-7-13-28)23-25-16-20-30(21-17-25)42-32(36)37/h1-3,8-9,14-21,27-28,31-32H,4-7,10-13,22-23H2. The average molecular weight is 584 g/mol. The summed E-state index contributed by atoms with van der Waals surface area (Å²) in [5, 5.41) is 0. The van der Waals surface area contributed by atoms with E-state index < -0.39 is 13.2 Å². The lowest BCUT2D eigenvalue weighted by molar-refractivity contribution is -0.0505. The fourth-order valence-corrected chi connectivity index (χ4v) is 6.02. The number of alkyl halides is 4. The molecule has 0 aromatic heterocycles.